The Kier molecular flexibility index (Phi) is 3.58. The monoisotopic (exact) mass is 232 g/mol. The van der Waals surface area contributed by atoms with Gasteiger partial charge in [0.25, 0.3) is 0 Å². The number of benzene rings is 1. The van der Waals surface area contributed by atoms with Gasteiger partial charge in [-0.3, -0.25) is 0 Å². The Hall–Kier alpha value is -0.820. The van der Waals surface area contributed by atoms with Crippen LogP contribution < -0.4 is 0 Å². The molecule has 1 saturated carbocycles. The molecular formula is C16H24O. The van der Waals surface area contributed by atoms with Gasteiger partial charge in [0.05, 0.1) is 5.60 Å². The first-order valence-corrected chi connectivity index (χ1v) is 6.81. The minimum Gasteiger partial charge on any atom is -0.385 e. The van der Waals surface area contributed by atoms with Gasteiger partial charge in [-0.25, -0.2) is 0 Å². The van der Waals surface area contributed by atoms with Crippen molar-refractivity contribution < 1.29 is 5.11 Å². The lowest BCUT2D eigenvalue weighted by Gasteiger charge is -2.29. The van der Waals surface area contributed by atoms with E-state index in [9.17, 15) is 5.11 Å². The highest BCUT2D eigenvalue weighted by Crippen LogP contribution is 2.39. The normalized spacial score (nSPS) is 30.0. The second kappa shape index (κ2) is 4.81. The Labute approximate surface area is 105 Å². The quantitative estimate of drug-likeness (QED) is 0.723. The van der Waals surface area contributed by atoms with Gasteiger partial charge in [0.15, 0.2) is 0 Å². The summed E-state index contributed by atoms with van der Waals surface area (Å²) in [6, 6.07) is 6.43. The fourth-order valence-electron chi connectivity index (χ4n) is 3.00. The molecule has 0 aliphatic heterocycles. The molecule has 1 aliphatic carbocycles. The Balaban J connectivity index is 2.33. The third kappa shape index (κ3) is 2.71. The van der Waals surface area contributed by atoms with E-state index in [1.165, 1.54) is 17.5 Å². The fraction of sp³-hybridized carbons (Fsp3) is 0.625. The van der Waals surface area contributed by atoms with Crippen LogP contribution in [-0.2, 0) is 5.60 Å². The number of aryl methyl sites for hydroxylation is 2. The van der Waals surface area contributed by atoms with Crippen molar-refractivity contribution in [2.24, 2.45) is 5.92 Å². The lowest BCUT2D eigenvalue weighted by Crippen LogP contribution is -2.26. The third-order valence-electron chi connectivity index (χ3n) is 4.23. The van der Waals surface area contributed by atoms with Crippen molar-refractivity contribution in [3.63, 3.8) is 0 Å². The van der Waals surface area contributed by atoms with Gasteiger partial charge in [0.2, 0.25) is 0 Å². The first kappa shape index (κ1) is 12.6. The second-order valence-corrected chi connectivity index (χ2v) is 5.89. The fourth-order valence-corrected chi connectivity index (χ4v) is 3.00. The third-order valence-corrected chi connectivity index (χ3v) is 4.23. The van der Waals surface area contributed by atoms with E-state index in [2.05, 4.69) is 39.0 Å². The maximum atomic E-state index is 10.9. The van der Waals surface area contributed by atoms with Crippen LogP contribution in [-0.4, -0.2) is 5.11 Å². The van der Waals surface area contributed by atoms with Crippen molar-refractivity contribution in [2.45, 2.75) is 58.5 Å². The zero-order chi connectivity index (χ0) is 12.5. The summed E-state index contributed by atoms with van der Waals surface area (Å²) >= 11 is 0. The molecule has 17 heavy (non-hydrogen) atoms. The predicted molar refractivity (Wildman–Crippen MR) is 72.1 cm³/mol. The molecule has 1 aromatic carbocycles. The molecule has 1 aromatic rings. The summed E-state index contributed by atoms with van der Waals surface area (Å²) in [5, 5.41) is 10.9. The molecule has 1 heteroatoms. The summed E-state index contributed by atoms with van der Waals surface area (Å²) in [6.45, 7) is 6.52. The summed E-state index contributed by atoms with van der Waals surface area (Å²) in [6.07, 6.45) is 5.38. The molecule has 0 saturated heterocycles. The number of hydrogen-bond donors (Lipinski definition) is 1. The molecule has 1 aliphatic rings. The van der Waals surface area contributed by atoms with Gasteiger partial charge in [-0.05, 0) is 56.6 Å². The van der Waals surface area contributed by atoms with Gasteiger partial charge in [-0.15, -0.1) is 0 Å². The molecule has 0 bridgehead atoms. The van der Waals surface area contributed by atoms with Crippen molar-refractivity contribution in [3.8, 4) is 0 Å². The Bertz CT molecular complexity index is 397. The molecule has 2 unspecified atom stereocenters. The maximum Gasteiger partial charge on any atom is 0.0899 e. The van der Waals surface area contributed by atoms with Gasteiger partial charge < -0.3 is 5.11 Å². The molecule has 1 fully saturated rings. The summed E-state index contributed by atoms with van der Waals surface area (Å²) in [5.74, 6) is 0.758. The highest BCUT2D eigenvalue weighted by atomic mass is 16.3. The van der Waals surface area contributed by atoms with E-state index >= 15 is 0 Å². The van der Waals surface area contributed by atoms with Gasteiger partial charge >= 0.3 is 0 Å². The van der Waals surface area contributed by atoms with E-state index in [1.54, 1.807) is 0 Å². The Morgan fingerprint density at radius 3 is 2.71 bits per heavy atom. The molecular weight excluding hydrogens is 208 g/mol. The molecule has 0 spiro atoms. The van der Waals surface area contributed by atoms with E-state index in [-0.39, 0.29) is 0 Å². The lowest BCUT2D eigenvalue weighted by atomic mass is 9.83. The van der Waals surface area contributed by atoms with Crippen molar-refractivity contribution in [3.05, 3.63) is 34.9 Å². The topological polar surface area (TPSA) is 20.2 Å². The van der Waals surface area contributed by atoms with E-state index in [0.717, 1.165) is 37.2 Å². The minimum atomic E-state index is -0.582. The molecule has 2 rings (SSSR count). The zero-order valence-corrected chi connectivity index (χ0v) is 11.3. The highest BCUT2D eigenvalue weighted by Gasteiger charge is 2.32. The first-order valence-electron chi connectivity index (χ1n) is 6.81. The van der Waals surface area contributed by atoms with Crippen LogP contribution in [0.25, 0.3) is 0 Å². The average Bonchev–Trinajstić information content (AvgIpc) is 2.46. The standard InChI is InChI=1S/C16H24O/c1-12-5-4-9-16(17,10-8-12)15-11-13(2)6-7-14(15)3/h6-7,11-12,17H,4-5,8-10H2,1-3H3. The lowest BCUT2D eigenvalue weighted by molar-refractivity contribution is 0.0192. The molecule has 0 radical (unpaired) electrons. The Morgan fingerprint density at radius 2 is 1.94 bits per heavy atom. The maximum absolute atomic E-state index is 10.9. The van der Waals surface area contributed by atoms with E-state index in [1.807, 2.05) is 0 Å². The van der Waals surface area contributed by atoms with E-state index in [4.69, 9.17) is 0 Å². The van der Waals surface area contributed by atoms with Crippen molar-refractivity contribution >= 4 is 0 Å². The average molecular weight is 232 g/mol. The molecule has 0 amide bonds. The van der Waals surface area contributed by atoms with Crippen LogP contribution in [0.3, 0.4) is 0 Å². The Morgan fingerprint density at radius 1 is 1.18 bits per heavy atom. The second-order valence-electron chi connectivity index (χ2n) is 5.89. The summed E-state index contributed by atoms with van der Waals surface area (Å²) < 4.78 is 0. The number of aliphatic hydroxyl groups is 1. The number of rotatable bonds is 1. The molecule has 0 heterocycles. The first-order chi connectivity index (χ1) is 8.01. The van der Waals surface area contributed by atoms with Crippen molar-refractivity contribution in [1.82, 2.24) is 0 Å². The minimum absolute atomic E-state index is 0.582. The largest absolute Gasteiger partial charge is 0.385 e. The highest BCUT2D eigenvalue weighted by molar-refractivity contribution is 5.35. The molecule has 0 aromatic heterocycles. The summed E-state index contributed by atoms with van der Waals surface area (Å²) in [7, 11) is 0. The smallest absolute Gasteiger partial charge is 0.0899 e. The van der Waals surface area contributed by atoms with Gasteiger partial charge in [0, 0.05) is 0 Å². The van der Waals surface area contributed by atoms with E-state index < -0.39 is 5.60 Å². The van der Waals surface area contributed by atoms with Crippen LogP contribution >= 0.6 is 0 Å². The van der Waals surface area contributed by atoms with Crippen molar-refractivity contribution in [2.75, 3.05) is 0 Å². The van der Waals surface area contributed by atoms with Gasteiger partial charge in [-0.1, -0.05) is 37.1 Å². The van der Waals surface area contributed by atoms with Crippen LogP contribution in [0.5, 0.6) is 0 Å². The van der Waals surface area contributed by atoms with Crippen LogP contribution in [0.15, 0.2) is 18.2 Å². The van der Waals surface area contributed by atoms with Gasteiger partial charge in [0.1, 0.15) is 0 Å². The van der Waals surface area contributed by atoms with Crippen molar-refractivity contribution in [1.29, 1.82) is 0 Å². The van der Waals surface area contributed by atoms with Crippen LogP contribution in [0, 0.1) is 19.8 Å². The predicted octanol–water partition coefficient (Wildman–Crippen LogP) is 4.09. The molecule has 1 nitrogen and oxygen atoms in total. The SMILES string of the molecule is Cc1ccc(C)c(C2(O)CCCC(C)CC2)c1. The summed E-state index contributed by atoms with van der Waals surface area (Å²) in [5.41, 5.74) is 3.05. The zero-order valence-electron chi connectivity index (χ0n) is 11.3. The van der Waals surface area contributed by atoms with Gasteiger partial charge in [-0.2, -0.15) is 0 Å². The van der Waals surface area contributed by atoms with Crippen LogP contribution in [0.2, 0.25) is 0 Å². The van der Waals surface area contributed by atoms with E-state index in [0.29, 0.717) is 0 Å². The van der Waals surface area contributed by atoms with Crippen LogP contribution in [0.4, 0.5) is 0 Å². The van der Waals surface area contributed by atoms with Crippen LogP contribution in [0.1, 0.15) is 55.7 Å². The summed E-state index contributed by atoms with van der Waals surface area (Å²) in [4.78, 5) is 0. The number of hydrogen-bond acceptors (Lipinski definition) is 1. The molecule has 1 N–H and O–H groups in total. The molecule has 2 atom stereocenters. The molecule has 94 valence electrons.